The Labute approximate surface area is 91.3 Å². The fourth-order valence-corrected chi connectivity index (χ4v) is 1.96. The van der Waals surface area contributed by atoms with Gasteiger partial charge in [-0.15, -0.1) is 0 Å². The summed E-state index contributed by atoms with van der Waals surface area (Å²) in [5.41, 5.74) is 1.25. The number of anilines is 1. The molecule has 1 aliphatic rings. The van der Waals surface area contributed by atoms with E-state index < -0.39 is 0 Å². The van der Waals surface area contributed by atoms with Crippen LogP contribution in [0.5, 0.6) is 0 Å². The van der Waals surface area contributed by atoms with Crippen LogP contribution < -0.4 is 10.6 Å². The average molecular weight is 205 g/mol. The normalized spacial score (nSPS) is 21.3. The minimum atomic E-state index is 0.612. The highest BCUT2D eigenvalue weighted by Crippen LogP contribution is 2.09. The predicted octanol–water partition coefficient (Wildman–Crippen LogP) is 1.94. The summed E-state index contributed by atoms with van der Waals surface area (Å²) in [6, 6.07) is 4.72. The maximum atomic E-state index is 4.29. The Hall–Kier alpha value is -1.09. The SMILES string of the molecule is Cc1ccnc(NC[C@H]2CCCCN2)c1. The second-order valence-electron chi connectivity index (χ2n) is 4.25. The molecule has 0 bridgehead atoms. The molecule has 0 aliphatic carbocycles. The van der Waals surface area contributed by atoms with Crippen LogP contribution in [0.25, 0.3) is 0 Å². The lowest BCUT2D eigenvalue weighted by atomic mass is 10.1. The van der Waals surface area contributed by atoms with Crippen LogP contribution in [-0.2, 0) is 0 Å². The third-order valence-electron chi connectivity index (χ3n) is 2.86. The molecule has 0 amide bonds. The van der Waals surface area contributed by atoms with Crippen molar-refractivity contribution in [2.45, 2.75) is 32.2 Å². The number of pyridine rings is 1. The smallest absolute Gasteiger partial charge is 0.126 e. The number of piperidine rings is 1. The number of aryl methyl sites for hydroxylation is 1. The second kappa shape index (κ2) is 5.12. The van der Waals surface area contributed by atoms with Gasteiger partial charge in [0.25, 0.3) is 0 Å². The zero-order valence-electron chi connectivity index (χ0n) is 9.29. The van der Waals surface area contributed by atoms with Gasteiger partial charge in [0.15, 0.2) is 0 Å². The molecule has 1 aromatic heterocycles. The zero-order valence-corrected chi connectivity index (χ0v) is 9.29. The fraction of sp³-hybridized carbons (Fsp3) is 0.583. The van der Waals surface area contributed by atoms with Crippen LogP contribution >= 0.6 is 0 Å². The van der Waals surface area contributed by atoms with Gasteiger partial charge in [0.2, 0.25) is 0 Å². The molecule has 3 heteroatoms. The quantitative estimate of drug-likeness (QED) is 0.792. The molecule has 1 fully saturated rings. The second-order valence-corrected chi connectivity index (χ2v) is 4.25. The summed E-state index contributed by atoms with van der Waals surface area (Å²) in [7, 11) is 0. The first-order valence-electron chi connectivity index (χ1n) is 5.74. The molecule has 3 nitrogen and oxygen atoms in total. The van der Waals surface area contributed by atoms with Gasteiger partial charge in [0, 0.05) is 18.8 Å². The van der Waals surface area contributed by atoms with E-state index in [0.717, 1.165) is 18.9 Å². The molecule has 82 valence electrons. The van der Waals surface area contributed by atoms with E-state index >= 15 is 0 Å². The Morgan fingerprint density at radius 1 is 1.53 bits per heavy atom. The van der Waals surface area contributed by atoms with E-state index in [0.29, 0.717) is 6.04 Å². The van der Waals surface area contributed by atoms with Crippen molar-refractivity contribution in [2.75, 3.05) is 18.4 Å². The van der Waals surface area contributed by atoms with Crippen LogP contribution in [0, 0.1) is 6.92 Å². The summed E-state index contributed by atoms with van der Waals surface area (Å²) >= 11 is 0. The molecule has 1 aromatic rings. The largest absolute Gasteiger partial charge is 0.369 e. The van der Waals surface area contributed by atoms with Crippen molar-refractivity contribution in [1.82, 2.24) is 10.3 Å². The van der Waals surface area contributed by atoms with E-state index in [2.05, 4.69) is 28.6 Å². The van der Waals surface area contributed by atoms with Crippen LogP contribution in [0.2, 0.25) is 0 Å². The summed E-state index contributed by atoms with van der Waals surface area (Å²) in [6.45, 7) is 4.23. The van der Waals surface area contributed by atoms with Gasteiger partial charge in [-0.2, -0.15) is 0 Å². The van der Waals surface area contributed by atoms with Crippen molar-refractivity contribution in [3.63, 3.8) is 0 Å². The summed E-state index contributed by atoms with van der Waals surface area (Å²) < 4.78 is 0. The topological polar surface area (TPSA) is 37.0 Å². The summed E-state index contributed by atoms with van der Waals surface area (Å²) in [5.74, 6) is 0.988. The molecule has 1 aliphatic heterocycles. The zero-order chi connectivity index (χ0) is 10.5. The third kappa shape index (κ3) is 3.20. The molecule has 1 saturated heterocycles. The summed E-state index contributed by atoms with van der Waals surface area (Å²) in [6.07, 6.45) is 5.80. The maximum absolute atomic E-state index is 4.29. The molecule has 0 spiro atoms. The Kier molecular flexibility index (Phi) is 3.56. The number of nitrogens with one attached hydrogen (secondary N) is 2. The molecule has 2 heterocycles. The van der Waals surface area contributed by atoms with Gasteiger partial charge >= 0.3 is 0 Å². The van der Waals surface area contributed by atoms with E-state index in [1.54, 1.807) is 0 Å². The Bertz CT molecular complexity index is 305. The van der Waals surface area contributed by atoms with Crippen molar-refractivity contribution in [3.8, 4) is 0 Å². The standard InChI is InChI=1S/C12H19N3/c1-10-5-7-14-12(8-10)15-9-11-4-2-3-6-13-11/h5,7-8,11,13H,2-4,6,9H2,1H3,(H,14,15)/t11-/m1/s1. The van der Waals surface area contributed by atoms with Gasteiger partial charge in [-0.05, 0) is 44.0 Å². The van der Waals surface area contributed by atoms with E-state index in [9.17, 15) is 0 Å². The molecular formula is C12H19N3. The van der Waals surface area contributed by atoms with Gasteiger partial charge in [-0.25, -0.2) is 4.98 Å². The lowest BCUT2D eigenvalue weighted by Crippen LogP contribution is -2.39. The molecule has 0 aromatic carbocycles. The van der Waals surface area contributed by atoms with Gasteiger partial charge in [0.1, 0.15) is 5.82 Å². The van der Waals surface area contributed by atoms with Crippen molar-refractivity contribution in [2.24, 2.45) is 0 Å². The van der Waals surface area contributed by atoms with Crippen LogP contribution in [-0.4, -0.2) is 24.1 Å². The van der Waals surface area contributed by atoms with E-state index in [-0.39, 0.29) is 0 Å². The van der Waals surface area contributed by atoms with Crippen LogP contribution in [0.15, 0.2) is 18.3 Å². The first-order chi connectivity index (χ1) is 7.34. The van der Waals surface area contributed by atoms with Crippen molar-refractivity contribution in [1.29, 1.82) is 0 Å². The minimum absolute atomic E-state index is 0.612. The predicted molar refractivity (Wildman–Crippen MR) is 63.1 cm³/mol. The minimum Gasteiger partial charge on any atom is -0.369 e. The van der Waals surface area contributed by atoms with Crippen LogP contribution in [0.3, 0.4) is 0 Å². The molecule has 2 N–H and O–H groups in total. The Morgan fingerprint density at radius 2 is 2.47 bits per heavy atom. The Morgan fingerprint density at radius 3 is 3.20 bits per heavy atom. The number of nitrogens with zero attached hydrogens (tertiary/aromatic N) is 1. The third-order valence-corrected chi connectivity index (χ3v) is 2.86. The highest BCUT2D eigenvalue weighted by Gasteiger charge is 2.11. The number of aromatic nitrogens is 1. The summed E-state index contributed by atoms with van der Waals surface area (Å²) in [5, 5.41) is 6.90. The highest BCUT2D eigenvalue weighted by atomic mass is 15.0. The van der Waals surface area contributed by atoms with Gasteiger partial charge in [-0.3, -0.25) is 0 Å². The molecule has 1 atom stereocenters. The Balaban J connectivity index is 1.81. The van der Waals surface area contributed by atoms with E-state index in [1.165, 1.54) is 24.8 Å². The molecule has 2 rings (SSSR count). The summed E-state index contributed by atoms with van der Waals surface area (Å²) in [4.78, 5) is 4.29. The van der Waals surface area contributed by atoms with E-state index in [1.807, 2.05) is 12.3 Å². The van der Waals surface area contributed by atoms with Crippen LogP contribution in [0.4, 0.5) is 5.82 Å². The molecule has 0 radical (unpaired) electrons. The number of hydrogen-bond acceptors (Lipinski definition) is 3. The highest BCUT2D eigenvalue weighted by molar-refractivity contribution is 5.37. The monoisotopic (exact) mass is 205 g/mol. The lowest BCUT2D eigenvalue weighted by molar-refractivity contribution is 0.414. The lowest BCUT2D eigenvalue weighted by Gasteiger charge is -2.23. The molecule has 15 heavy (non-hydrogen) atoms. The molecule has 0 unspecified atom stereocenters. The van der Waals surface area contributed by atoms with Crippen LogP contribution in [0.1, 0.15) is 24.8 Å². The van der Waals surface area contributed by atoms with Gasteiger partial charge in [0.05, 0.1) is 0 Å². The van der Waals surface area contributed by atoms with E-state index in [4.69, 9.17) is 0 Å². The van der Waals surface area contributed by atoms with Crippen molar-refractivity contribution < 1.29 is 0 Å². The van der Waals surface area contributed by atoms with Gasteiger partial charge in [-0.1, -0.05) is 6.42 Å². The first-order valence-corrected chi connectivity index (χ1v) is 5.74. The number of hydrogen-bond donors (Lipinski definition) is 2. The first kappa shape index (κ1) is 10.4. The maximum Gasteiger partial charge on any atom is 0.126 e. The van der Waals surface area contributed by atoms with Crippen molar-refractivity contribution in [3.05, 3.63) is 23.9 Å². The fourth-order valence-electron chi connectivity index (χ4n) is 1.96. The molecular weight excluding hydrogens is 186 g/mol. The molecule has 0 saturated carbocycles. The van der Waals surface area contributed by atoms with Gasteiger partial charge < -0.3 is 10.6 Å². The average Bonchev–Trinajstić information content (AvgIpc) is 2.28. The van der Waals surface area contributed by atoms with Crippen molar-refractivity contribution >= 4 is 5.82 Å². The number of rotatable bonds is 3.